The van der Waals surface area contributed by atoms with Crippen LogP contribution in [0.1, 0.15) is 55.7 Å². The molecule has 2 fully saturated rings. The molecule has 1 aromatic heterocycles. The third kappa shape index (κ3) is 11.8. The molecule has 5 unspecified atom stereocenters. The van der Waals surface area contributed by atoms with Crippen LogP contribution in [0.15, 0.2) is 60.9 Å². The number of fused-ring (bicyclic) bond motifs is 1. The van der Waals surface area contributed by atoms with Crippen LogP contribution in [0.25, 0.3) is 0 Å². The van der Waals surface area contributed by atoms with E-state index in [1.54, 1.807) is 24.3 Å². The van der Waals surface area contributed by atoms with E-state index in [1.807, 2.05) is 24.3 Å². The Morgan fingerprint density at radius 3 is 2.26 bits per heavy atom. The lowest BCUT2D eigenvalue weighted by atomic mass is 10.0. The van der Waals surface area contributed by atoms with Gasteiger partial charge in [0.15, 0.2) is 0 Å². The number of hydrogen-bond acceptors (Lipinski definition) is 17. The molecule has 19 nitrogen and oxygen atoms in total. The van der Waals surface area contributed by atoms with E-state index in [0.717, 1.165) is 56.8 Å². The van der Waals surface area contributed by atoms with Crippen molar-refractivity contribution in [1.82, 2.24) is 30.4 Å². The number of benzene rings is 3. The average Bonchev–Trinajstić information content (AvgIpc) is 3.56. The Bertz CT molecular complexity index is 2230. The number of carbonyl (C=O) groups excluding carboxylic acids is 2. The highest BCUT2D eigenvalue weighted by atomic mass is 35.5. The first-order chi connectivity index (χ1) is 31.4. The number of rotatable bonds is 19. The van der Waals surface area contributed by atoms with Crippen molar-refractivity contribution < 1.29 is 44.2 Å². The Morgan fingerprint density at radius 1 is 0.831 bits per heavy atom. The van der Waals surface area contributed by atoms with E-state index in [4.69, 9.17) is 37.4 Å². The van der Waals surface area contributed by atoms with Crippen molar-refractivity contribution in [2.75, 3.05) is 87.5 Å². The number of methoxy groups -OCH3 is 2. The average molecular weight is 940 g/mol. The van der Waals surface area contributed by atoms with Crippen LogP contribution in [0.2, 0.25) is 10.0 Å². The first-order valence-corrected chi connectivity index (χ1v) is 22.3. The Labute approximate surface area is 387 Å². The number of piperidine rings is 1. The van der Waals surface area contributed by atoms with Gasteiger partial charge in [0.2, 0.25) is 11.8 Å². The van der Waals surface area contributed by atoms with Crippen LogP contribution in [-0.4, -0.2) is 137 Å². The van der Waals surface area contributed by atoms with E-state index in [0.29, 0.717) is 72.5 Å². The van der Waals surface area contributed by atoms with Crippen LogP contribution in [0.5, 0.6) is 17.2 Å². The van der Waals surface area contributed by atoms with Gasteiger partial charge in [-0.15, -0.1) is 0 Å². The molecule has 3 aromatic carbocycles. The minimum Gasteiger partial charge on any atom is -0.495 e. The number of unbranched alkanes of at least 4 members (excludes halogenated alkanes) is 2. The third-order valence-electron chi connectivity index (χ3n) is 11.6. The predicted molar refractivity (Wildman–Crippen MR) is 246 cm³/mol. The van der Waals surface area contributed by atoms with Gasteiger partial charge in [-0.3, -0.25) is 19.8 Å². The zero-order chi connectivity index (χ0) is 46.0. The number of aliphatic hydroxyl groups excluding tert-OH is 4. The number of halogens is 2. The van der Waals surface area contributed by atoms with Gasteiger partial charge < -0.3 is 60.8 Å². The molecule has 3 aliphatic heterocycles. The quantitative estimate of drug-likeness (QED) is 0.0609. The number of aliphatic hydroxyl groups is 4. The van der Waals surface area contributed by atoms with Crippen molar-refractivity contribution in [2.45, 2.75) is 63.1 Å². The summed E-state index contributed by atoms with van der Waals surface area (Å²) in [7, 11) is 2.90. The summed E-state index contributed by atoms with van der Waals surface area (Å²) in [5.74, 6) is 1.60. The fourth-order valence-electron chi connectivity index (χ4n) is 8.20. The van der Waals surface area contributed by atoms with Gasteiger partial charge in [0.25, 0.3) is 0 Å². The maximum Gasteiger partial charge on any atom is 0.243 e. The topological polar surface area (TPSA) is 238 Å². The summed E-state index contributed by atoms with van der Waals surface area (Å²) in [6.45, 7) is 4.22. The largest absolute Gasteiger partial charge is 0.495 e. The lowest BCUT2D eigenvalue weighted by Gasteiger charge is -2.40. The highest BCUT2D eigenvalue weighted by Crippen LogP contribution is 2.47. The van der Waals surface area contributed by atoms with Gasteiger partial charge in [-0.25, -0.2) is 14.9 Å². The van der Waals surface area contributed by atoms with Crippen molar-refractivity contribution in [3.63, 3.8) is 0 Å². The molecule has 350 valence electrons. The fraction of sp³-hybridized carbons (Fsp3) is 0.455. The van der Waals surface area contributed by atoms with E-state index in [2.05, 4.69) is 46.4 Å². The smallest absolute Gasteiger partial charge is 0.243 e. The highest BCUT2D eigenvalue weighted by Gasteiger charge is 2.46. The predicted octanol–water partition coefficient (Wildman–Crippen LogP) is 3.77. The van der Waals surface area contributed by atoms with E-state index >= 15 is 0 Å². The molecular formula is C44H56Cl2N10O9. The Balaban J connectivity index is 0.772. The molecule has 0 radical (unpaired) electrons. The molecular weight excluding hydrogens is 883 g/mol. The van der Waals surface area contributed by atoms with E-state index in [-0.39, 0.29) is 28.2 Å². The number of hydrogen-bond donors (Lipinski definition) is 9. The fourth-order valence-corrected chi connectivity index (χ4v) is 8.79. The summed E-state index contributed by atoms with van der Waals surface area (Å²) in [4.78, 5) is 40.0. The number of aromatic nitrogens is 2. The van der Waals surface area contributed by atoms with Gasteiger partial charge in [-0.1, -0.05) is 35.3 Å². The normalized spacial score (nSPS) is 21.0. The number of anilines is 5. The molecule has 4 aromatic rings. The van der Waals surface area contributed by atoms with Gasteiger partial charge >= 0.3 is 0 Å². The molecule has 9 N–H and O–H groups in total. The molecule has 0 aliphatic carbocycles. The molecule has 21 heteroatoms. The van der Waals surface area contributed by atoms with Gasteiger partial charge in [-0.05, 0) is 62.4 Å². The van der Waals surface area contributed by atoms with Crippen LogP contribution in [0, 0.1) is 0 Å². The van der Waals surface area contributed by atoms with Crippen LogP contribution < -0.4 is 45.7 Å². The van der Waals surface area contributed by atoms with Crippen LogP contribution in [0.3, 0.4) is 0 Å². The van der Waals surface area contributed by atoms with Crippen molar-refractivity contribution in [2.24, 2.45) is 0 Å². The molecule has 2 amide bonds. The summed E-state index contributed by atoms with van der Waals surface area (Å²) in [6, 6.07) is 15.9. The molecule has 5 atom stereocenters. The summed E-state index contributed by atoms with van der Waals surface area (Å²) in [6.07, 6.45) is 0.292. The van der Waals surface area contributed by atoms with Crippen LogP contribution >= 0.6 is 23.2 Å². The van der Waals surface area contributed by atoms with Crippen molar-refractivity contribution >= 4 is 63.7 Å². The van der Waals surface area contributed by atoms with Gasteiger partial charge in [-0.2, -0.15) is 0 Å². The van der Waals surface area contributed by atoms with Crippen LogP contribution in [0.4, 0.5) is 28.7 Å². The number of amides is 2. The van der Waals surface area contributed by atoms with Crippen molar-refractivity contribution in [1.29, 1.82) is 0 Å². The van der Waals surface area contributed by atoms with E-state index in [9.17, 15) is 30.0 Å². The minimum atomic E-state index is -1.17. The Hall–Kier alpha value is -5.22. The first kappa shape index (κ1) is 47.7. The molecule has 0 spiro atoms. The summed E-state index contributed by atoms with van der Waals surface area (Å²) < 4.78 is 16.6. The summed E-state index contributed by atoms with van der Waals surface area (Å²) in [5.41, 5.74) is 3.07. The van der Waals surface area contributed by atoms with Crippen LogP contribution in [-0.2, 0) is 9.59 Å². The monoisotopic (exact) mass is 938 g/mol. The van der Waals surface area contributed by atoms with Gasteiger partial charge in [0.05, 0.1) is 45.6 Å². The van der Waals surface area contributed by atoms with Crippen molar-refractivity contribution in [3.05, 3.63) is 82.1 Å². The first-order valence-electron chi connectivity index (χ1n) is 21.5. The lowest BCUT2D eigenvalue weighted by molar-refractivity contribution is -0.159. The molecule has 3 aliphatic rings. The minimum absolute atomic E-state index is 0.00897. The molecule has 7 rings (SSSR count). The lowest BCUT2D eigenvalue weighted by Crippen LogP contribution is -2.57. The molecule has 2 saturated heterocycles. The zero-order valence-electron chi connectivity index (χ0n) is 36.2. The molecule has 0 bridgehead atoms. The van der Waals surface area contributed by atoms with Crippen molar-refractivity contribution in [3.8, 4) is 17.2 Å². The third-order valence-corrected chi connectivity index (χ3v) is 12.4. The Kier molecular flexibility index (Phi) is 16.4. The maximum atomic E-state index is 12.8. The van der Waals surface area contributed by atoms with Gasteiger partial charge in [0, 0.05) is 67.4 Å². The van der Waals surface area contributed by atoms with Gasteiger partial charge in [0.1, 0.15) is 70.2 Å². The zero-order valence-corrected chi connectivity index (χ0v) is 37.7. The number of piperazine rings is 1. The second-order valence-electron chi connectivity index (χ2n) is 15.9. The Morgan fingerprint density at radius 2 is 1.55 bits per heavy atom. The summed E-state index contributed by atoms with van der Waals surface area (Å²) in [5, 5.41) is 57.4. The molecule has 65 heavy (non-hydrogen) atoms. The number of nitrogens with zero attached hydrogens (tertiary/aromatic N) is 5. The SMILES string of the molecule is COc1cc(OC)c(Cl)c(NC(=O)CNc2cc(Nc3ccc(N4CCN(CC(=O)NCCCCCOc5cccc6c5C(O)N(C5CCC(O)NC5O)C6O)CC4)cc3)ncn2)c1Cl. The standard InChI is InChI=1S/C44H56Cl2N10O9/c1-63-31-21-32(64-2)40(46)41(39(31)45)52-36(58)23-48-33-22-34(50-25-49-33)51-26-9-11-27(12-10-26)55-18-16-54(17-19-55)24-37(59)47-15-4-3-5-20-65-30-8-6-7-28-38(30)44(62)56(43(28)61)29-13-14-35(57)53-42(29)60/h6-12,21-22,25,29,35,42-44,53,57,60-62H,3-5,13-20,23-24H2,1-2H3,(H,47,59)(H,52,58)(H2,48,49,50,51). The summed E-state index contributed by atoms with van der Waals surface area (Å²) >= 11 is 12.8. The second kappa shape index (κ2) is 22.3. The maximum absolute atomic E-state index is 12.8. The van der Waals surface area contributed by atoms with E-state index < -0.39 is 36.9 Å². The number of nitrogens with one attached hydrogen (secondary N) is 5. The van der Waals surface area contributed by atoms with E-state index in [1.165, 1.54) is 31.5 Å². The number of carbonyl (C=O) groups is 2. The molecule has 0 saturated carbocycles. The highest BCUT2D eigenvalue weighted by molar-refractivity contribution is 6.41. The number of ether oxygens (including phenoxy) is 3. The second-order valence-corrected chi connectivity index (χ2v) is 16.6. The molecule has 4 heterocycles.